The second-order valence-electron chi connectivity index (χ2n) is 4.18. The fourth-order valence-corrected chi connectivity index (χ4v) is 2.79. The Morgan fingerprint density at radius 1 is 1.50 bits per heavy atom. The van der Waals surface area contributed by atoms with E-state index in [2.05, 4.69) is 15.2 Å². The van der Waals surface area contributed by atoms with Crippen molar-refractivity contribution in [2.24, 2.45) is 0 Å². The topological polar surface area (TPSA) is 71.2 Å². The van der Waals surface area contributed by atoms with Gasteiger partial charge in [-0.1, -0.05) is 0 Å². The smallest absolute Gasteiger partial charge is 0.269 e. The van der Waals surface area contributed by atoms with Crippen LogP contribution in [0.4, 0.5) is 5.69 Å². The van der Waals surface area contributed by atoms with Gasteiger partial charge in [0.25, 0.3) is 5.91 Å². The van der Waals surface area contributed by atoms with Crippen molar-refractivity contribution < 1.29 is 4.79 Å². The third kappa shape index (κ3) is 3.89. The van der Waals surface area contributed by atoms with Crippen LogP contribution in [0.3, 0.4) is 0 Å². The minimum atomic E-state index is -0.159. The van der Waals surface area contributed by atoms with Gasteiger partial charge in [0.1, 0.15) is 5.69 Å². The Balaban J connectivity index is 1.74. The van der Waals surface area contributed by atoms with E-state index in [9.17, 15) is 4.79 Å². The number of carbonyl (C=O) groups excluding carboxylic acids is 1. The van der Waals surface area contributed by atoms with Crippen molar-refractivity contribution in [3.05, 3.63) is 24.0 Å². The molecule has 18 heavy (non-hydrogen) atoms. The largest absolute Gasteiger partial charge is 0.399 e. The molecule has 6 heteroatoms. The van der Waals surface area contributed by atoms with E-state index in [0.29, 0.717) is 17.9 Å². The molecule has 1 fully saturated rings. The Hall–Kier alpha value is -1.27. The molecular weight excluding hydrogens is 248 g/mol. The summed E-state index contributed by atoms with van der Waals surface area (Å²) in [5.41, 5.74) is 6.55. The first kappa shape index (κ1) is 13.2. The lowest BCUT2D eigenvalue weighted by atomic mass is 10.3. The van der Waals surface area contributed by atoms with Crippen molar-refractivity contribution in [2.75, 3.05) is 43.4 Å². The summed E-state index contributed by atoms with van der Waals surface area (Å²) in [7, 11) is 0. The van der Waals surface area contributed by atoms with E-state index in [4.69, 9.17) is 5.73 Å². The van der Waals surface area contributed by atoms with Crippen LogP contribution in [0.5, 0.6) is 0 Å². The molecule has 0 saturated carbocycles. The summed E-state index contributed by atoms with van der Waals surface area (Å²) in [6.07, 6.45) is 1.55. The quantitative estimate of drug-likeness (QED) is 0.827. The van der Waals surface area contributed by atoms with Crippen molar-refractivity contribution in [1.29, 1.82) is 0 Å². The van der Waals surface area contributed by atoms with Crippen LogP contribution in [0.25, 0.3) is 0 Å². The molecule has 1 amide bonds. The van der Waals surface area contributed by atoms with Crippen molar-refractivity contribution in [2.45, 2.75) is 0 Å². The minimum absolute atomic E-state index is 0.159. The SMILES string of the molecule is Nc1ccnc(C(=O)NCCN2CCSCC2)c1. The highest BCUT2D eigenvalue weighted by molar-refractivity contribution is 7.99. The molecule has 0 bridgehead atoms. The molecule has 1 aliphatic rings. The van der Waals surface area contributed by atoms with E-state index >= 15 is 0 Å². The molecule has 5 nitrogen and oxygen atoms in total. The highest BCUT2D eigenvalue weighted by Crippen LogP contribution is 2.08. The number of aromatic nitrogens is 1. The van der Waals surface area contributed by atoms with E-state index in [1.165, 1.54) is 11.5 Å². The number of amides is 1. The molecule has 98 valence electrons. The average molecular weight is 266 g/mol. The van der Waals surface area contributed by atoms with Crippen LogP contribution in [0.15, 0.2) is 18.3 Å². The first-order chi connectivity index (χ1) is 8.75. The lowest BCUT2D eigenvalue weighted by Crippen LogP contribution is -2.39. The maximum Gasteiger partial charge on any atom is 0.269 e. The van der Waals surface area contributed by atoms with Crippen molar-refractivity contribution in [3.63, 3.8) is 0 Å². The van der Waals surface area contributed by atoms with Crippen molar-refractivity contribution in [1.82, 2.24) is 15.2 Å². The number of nitrogens with two attached hydrogens (primary N) is 1. The summed E-state index contributed by atoms with van der Waals surface area (Å²) >= 11 is 1.98. The van der Waals surface area contributed by atoms with Crippen LogP contribution in [0.2, 0.25) is 0 Å². The third-order valence-electron chi connectivity index (χ3n) is 2.83. The Morgan fingerprint density at radius 2 is 2.28 bits per heavy atom. The predicted molar refractivity (Wildman–Crippen MR) is 74.7 cm³/mol. The van der Waals surface area contributed by atoms with Gasteiger partial charge in [-0.25, -0.2) is 0 Å². The number of pyridine rings is 1. The molecule has 2 heterocycles. The van der Waals surface area contributed by atoms with Gasteiger partial charge < -0.3 is 11.1 Å². The van der Waals surface area contributed by atoms with Gasteiger partial charge in [0.2, 0.25) is 0 Å². The fraction of sp³-hybridized carbons (Fsp3) is 0.500. The van der Waals surface area contributed by atoms with Crippen LogP contribution < -0.4 is 11.1 Å². The van der Waals surface area contributed by atoms with E-state index in [-0.39, 0.29) is 5.91 Å². The minimum Gasteiger partial charge on any atom is -0.399 e. The van der Waals surface area contributed by atoms with Crippen molar-refractivity contribution >= 4 is 23.4 Å². The van der Waals surface area contributed by atoms with Gasteiger partial charge in [-0.3, -0.25) is 14.7 Å². The van der Waals surface area contributed by atoms with Crippen LogP contribution in [-0.4, -0.2) is 53.5 Å². The molecule has 0 aromatic carbocycles. The molecular formula is C12H18N4OS. The molecule has 0 radical (unpaired) electrons. The number of nitrogens with one attached hydrogen (secondary N) is 1. The number of anilines is 1. The summed E-state index contributed by atoms with van der Waals surface area (Å²) in [5, 5.41) is 2.87. The van der Waals surface area contributed by atoms with Gasteiger partial charge in [0.15, 0.2) is 0 Å². The van der Waals surface area contributed by atoms with E-state index in [1.54, 1.807) is 18.3 Å². The maximum absolute atomic E-state index is 11.8. The average Bonchev–Trinajstić information content (AvgIpc) is 2.40. The number of thioether (sulfide) groups is 1. The molecule has 1 aliphatic heterocycles. The lowest BCUT2D eigenvalue weighted by molar-refractivity contribution is 0.0944. The zero-order chi connectivity index (χ0) is 12.8. The highest BCUT2D eigenvalue weighted by Gasteiger charge is 2.11. The maximum atomic E-state index is 11.8. The van der Waals surface area contributed by atoms with Gasteiger partial charge in [0, 0.05) is 49.6 Å². The second kappa shape index (κ2) is 6.61. The van der Waals surface area contributed by atoms with Gasteiger partial charge in [-0.15, -0.1) is 0 Å². The zero-order valence-electron chi connectivity index (χ0n) is 10.3. The van der Waals surface area contributed by atoms with Crippen LogP contribution >= 0.6 is 11.8 Å². The fourth-order valence-electron chi connectivity index (χ4n) is 1.81. The van der Waals surface area contributed by atoms with E-state index in [0.717, 1.165) is 19.6 Å². The van der Waals surface area contributed by atoms with Gasteiger partial charge in [0.05, 0.1) is 0 Å². The number of rotatable bonds is 4. The number of hydrogen-bond acceptors (Lipinski definition) is 5. The van der Waals surface area contributed by atoms with E-state index in [1.807, 2.05) is 11.8 Å². The Bertz CT molecular complexity index is 407. The highest BCUT2D eigenvalue weighted by atomic mass is 32.2. The molecule has 1 aromatic rings. The van der Waals surface area contributed by atoms with Crippen LogP contribution in [-0.2, 0) is 0 Å². The summed E-state index contributed by atoms with van der Waals surface area (Å²) in [6, 6.07) is 3.26. The Labute approximate surface area is 111 Å². The number of nitrogen functional groups attached to an aromatic ring is 1. The van der Waals surface area contributed by atoms with Crippen molar-refractivity contribution in [3.8, 4) is 0 Å². The number of hydrogen-bond donors (Lipinski definition) is 2. The molecule has 0 aliphatic carbocycles. The third-order valence-corrected chi connectivity index (χ3v) is 3.78. The monoisotopic (exact) mass is 266 g/mol. The number of carbonyl (C=O) groups is 1. The molecule has 2 rings (SSSR count). The predicted octanol–water partition coefficient (Wildman–Crippen LogP) is 0.442. The summed E-state index contributed by atoms with van der Waals surface area (Å²) in [6.45, 7) is 3.77. The molecule has 1 saturated heterocycles. The summed E-state index contributed by atoms with van der Waals surface area (Å²) in [5.74, 6) is 2.21. The normalized spacial score (nSPS) is 16.4. The van der Waals surface area contributed by atoms with Crippen LogP contribution in [0.1, 0.15) is 10.5 Å². The standard InChI is InChI=1S/C12H18N4OS/c13-10-1-2-14-11(9-10)12(17)15-3-4-16-5-7-18-8-6-16/h1-2,9H,3-8H2,(H2,13,14)(H,15,17). The first-order valence-corrected chi connectivity index (χ1v) is 7.21. The molecule has 0 spiro atoms. The summed E-state index contributed by atoms with van der Waals surface area (Å²) < 4.78 is 0. The van der Waals surface area contributed by atoms with Gasteiger partial charge in [-0.05, 0) is 12.1 Å². The molecule has 0 atom stereocenters. The second-order valence-corrected chi connectivity index (χ2v) is 5.41. The molecule has 0 unspecified atom stereocenters. The van der Waals surface area contributed by atoms with E-state index < -0.39 is 0 Å². The molecule has 1 aromatic heterocycles. The Kier molecular flexibility index (Phi) is 4.83. The summed E-state index contributed by atoms with van der Waals surface area (Å²) in [4.78, 5) is 18.1. The number of nitrogens with zero attached hydrogens (tertiary/aromatic N) is 2. The van der Waals surface area contributed by atoms with Gasteiger partial charge in [-0.2, -0.15) is 11.8 Å². The zero-order valence-corrected chi connectivity index (χ0v) is 11.1. The van der Waals surface area contributed by atoms with Crippen LogP contribution in [0, 0.1) is 0 Å². The molecule has 3 N–H and O–H groups in total. The lowest BCUT2D eigenvalue weighted by Gasteiger charge is -2.25. The first-order valence-electron chi connectivity index (χ1n) is 6.05. The Morgan fingerprint density at radius 3 is 3.00 bits per heavy atom. The van der Waals surface area contributed by atoms with Gasteiger partial charge >= 0.3 is 0 Å².